The third-order valence-electron chi connectivity index (χ3n) is 3.29. The highest BCUT2D eigenvalue weighted by Crippen LogP contribution is 2.28. The molecule has 0 aliphatic heterocycles. The zero-order valence-corrected chi connectivity index (χ0v) is 13.3. The summed E-state index contributed by atoms with van der Waals surface area (Å²) < 4.78 is 0. The van der Waals surface area contributed by atoms with E-state index in [1.165, 1.54) is 6.92 Å². The van der Waals surface area contributed by atoms with Crippen LogP contribution in [0.5, 0.6) is 0 Å². The Bertz CT molecular complexity index is 673. The van der Waals surface area contributed by atoms with E-state index in [1.807, 2.05) is 37.3 Å². The maximum absolute atomic E-state index is 11.2. The summed E-state index contributed by atoms with van der Waals surface area (Å²) in [7, 11) is 0. The van der Waals surface area contributed by atoms with Gasteiger partial charge in [-0.05, 0) is 36.2 Å². The van der Waals surface area contributed by atoms with Gasteiger partial charge in [-0.1, -0.05) is 35.9 Å². The second-order valence-corrected chi connectivity index (χ2v) is 5.55. The zero-order valence-electron chi connectivity index (χ0n) is 12.6. The molecule has 2 aromatic rings. The average Bonchev–Trinajstić information content (AvgIpc) is 2.50. The third kappa shape index (κ3) is 4.23. The molecule has 0 aliphatic carbocycles. The van der Waals surface area contributed by atoms with Gasteiger partial charge < -0.3 is 15.7 Å². The molecule has 0 aromatic heterocycles. The maximum atomic E-state index is 11.2. The van der Waals surface area contributed by atoms with Gasteiger partial charge in [0.15, 0.2) is 0 Å². The summed E-state index contributed by atoms with van der Waals surface area (Å²) in [6.45, 7) is 3.50. The molecule has 0 spiro atoms. The molecular formula is C17H19ClN2O2. The Balaban J connectivity index is 2.17. The standard InChI is InChI=1S/C17H19ClN2O2/c1-11(14-5-3-4-13(8-14)10-21)19-15-6-7-16(18)17(9-15)20-12(2)22/h3-9,11,19,21H,10H2,1-2H3,(H,20,22). The number of carbonyl (C=O) groups is 1. The number of hydrogen-bond acceptors (Lipinski definition) is 3. The Labute approximate surface area is 135 Å². The van der Waals surface area contributed by atoms with Crippen LogP contribution in [0.15, 0.2) is 42.5 Å². The molecule has 0 radical (unpaired) electrons. The molecule has 1 unspecified atom stereocenters. The Morgan fingerprint density at radius 1 is 1.27 bits per heavy atom. The van der Waals surface area contributed by atoms with Crippen molar-refractivity contribution in [1.82, 2.24) is 0 Å². The summed E-state index contributed by atoms with van der Waals surface area (Å²) in [4.78, 5) is 11.2. The van der Waals surface area contributed by atoms with Gasteiger partial charge in [0, 0.05) is 18.7 Å². The van der Waals surface area contributed by atoms with Crippen molar-refractivity contribution in [1.29, 1.82) is 0 Å². The molecule has 1 amide bonds. The fourth-order valence-corrected chi connectivity index (χ4v) is 2.36. The lowest BCUT2D eigenvalue weighted by Crippen LogP contribution is -2.09. The number of benzene rings is 2. The van der Waals surface area contributed by atoms with Crippen LogP contribution >= 0.6 is 11.6 Å². The molecular weight excluding hydrogens is 300 g/mol. The lowest BCUT2D eigenvalue weighted by molar-refractivity contribution is -0.114. The van der Waals surface area contributed by atoms with Crippen LogP contribution < -0.4 is 10.6 Å². The molecule has 3 N–H and O–H groups in total. The molecule has 2 aromatic carbocycles. The van der Waals surface area contributed by atoms with E-state index in [2.05, 4.69) is 10.6 Å². The predicted molar refractivity (Wildman–Crippen MR) is 90.2 cm³/mol. The SMILES string of the molecule is CC(=O)Nc1cc(NC(C)c2cccc(CO)c2)ccc1Cl. The molecule has 0 heterocycles. The number of halogens is 1. The summed E-state index contributed by atoms with van der Waals surface area (Å²) in [5, 5.41) is 15.8. The van der Waals surface area contributed by atoms with Crippen molar-refractivity contribution < 1.29 is 9.90 Å². The van der Waals surface area contributed by atoms with E-state index in [9.17, 15) is 9.90 Å². The van der Waals surface area contributed by atoms with Crippen LogP contribution in [0.2, 0.25) is 5.02 Å². The van der Waals surface area contributed by atoms with Crippen molar-refractivity contribution in [3.05, 3.63) is 58.6 Å². The van der Waals surface area contributed by atoms with Crippen LogP contribution in [0.1, 0.15) is 31.0 Å². The number of carbonyl (C=O) groups excluding carboxylic acids is 1. The largest absolute Gasteiger partial charge is 0.392 e. The first-order chi connectivity index (χ1) is 10.5. The van der Waals surface area contributed by atoms with Gasteiger partial charge in [0.2, 0.25) is 5.91 Å². The number of amides is 1. The molecule has 2 rings (SSSR count). The molecule has 22 heavy (non-hydrogen) atoms. The molecule has 0 aliphatic rings. The van der Waals surface area contributed by atoms with Crippen molar-refractivity contribution in [2.45, 2.75) is 26.5 Å². The molecule has 0 bridgehead atoms. The van der Waals surface area contributed by atoms with Crippen LogP contribution in [0.3, 0.4) is 0 Å². The van der Waals surface area contributed by atoms with Crippen LogP contribution in [0.4, 0.5) is 11.4 Å². The van der Waals surface area contributed by atoms with Crippen LogP contribution in [0.25, 0.3) is 0 Å². The van der Waals surface area contributed by atoms with Crippen molar-refractivity contribution in [3.63, 3.8) is 0 Å². The Morgan fingerprint density at radius 2 is 2.05 bits per heavy atom. The lowest BCUT2D eigenvalue weighted by atomic mass is 10.1. The highest BCUT2D eigenvalue weighted by Gasteiger charge is 2.08. The van der Waals surface area contributed by atoms with Gasteiger partial charge in [0.1, 0.15) is 0 Å². The highest BCUT2D eigenvalue weighted by molar-refractivity contribution is 6.33. The molecule has 4 nitrogen and oxygen atoms in total. The first-order valence-electron chi connectivity index (χ1n) is 7.03. The molecule has 1 atom stereocenters. The first kappa shape index (κ1) is 16.3. The minimum absolute atomic E-state index is 0.0220. The third-order valence-corrected chi connectivity index (χ3v) is 3.62. The van der Waals surface area contributed by atoms with E-state index in [-0.39, 0.29) is 18.6 Å². The highest BCUT2D eigenvalue weighted by atomic mass is 35.5. The van der Waals surface area contributed by atoms with Gasteiger partial charge >= 0.3 is 0 Å². The quantitative estimate of drug-likeness (QED) is 0.782. The maximum Gasteiger partial charge on any atom is 0.221 e. The molecule has 0 fully saturated rings. The van der Waals surface area contributed by atoms with E-state index in [0.29, 0.717) is 10.7 Å². The number of nitrogens with one attached hydrogen (secondary N) is 2. The van der Waals surface area contributed by atoms with Gasteiger partial charge in [0.25, 0.3) is 0 Å². The van der Waals surface area contributed by atoms with Crippen molar-refractivity contribution >= 4 is 28.9 Å². The summed E-state index contributed by atoms with van der Waals surface area (Å²) in [5.74, 6) is -0.164. The van der Waals surface area contributed by atoms with Crippen LogP contribution in [-0.2, 0) is 11.4 Å². The van der Waals surface area contributed by atoms with E-state index < -0.39 is 0 Å². The Kier molecular flexibility index (Phi) is 5.41. The van der Waals surface area contributed by atoms with Gasteiger partial charge in [-0.2, -0.15) is 0 Å². The average molecular weight is 319 g/mol. The minimum Gasteiger partial charge on any atom is -0.392 e. The van der Waals surface area contributed by atoms with Crippen molar-refractivity contribution in [2.24, 2.45) is 0 Å². The van der Waals surface area contributed by atoms with E-state index in [4.69, 9.17) is 11.6 Å². The van der Waals surface area contributed by atoms with Crippen molar-refractivity contribution in [2.75, 3.05) is 10.6 Å². The normalized spacial score (nSPS) is 11.8. The second-order valence-electron chi connectivity index (χ2n) is 5.14. The van der Waals surface area contributed by atoms with E-state index >= 15 is 0 Å². The van der Waals surface area contributed by atoms with Crippen molar-refractivity contribution in [3.8, 4) is 0 Å². The Morgan fingerprint density at radius 3 is 2.73 bits per heavy atom. The number of aliphatic hydroxyl groups excluding tert-OH is 1. The first-order valence-corrected chi connectivity index (χ1v) is 7.40. The predicted octanol–water partition coefficient (Wildman–Crippen LogP) is 3.96. The fraction of sp³-hybridized carbons (Fsp3) is 0.235. The second kappa shape index (κ2) is 7.29. The monoisotopic (exact) mass is 318 g/mol. The van der Waals surface area contributed by atoms with Gasteiger partial charge in [-0.15, -0.1) is 0 Å². The van der Waals surface area contributed by atoms with Gasteiger partial charge in [-0.3, -0.25) is 4.79 Å². The summed E-state index contributed by atoms with van der Waals surface area (Å²) in [6, 6.07) is 13.2. The van der Waals surface area contributed by atoms with Crippen LogP contribution in [0, 0.1) is 0 Å². The smallest absolute Gasteiger partial charge is 0.221 e. The lowest BCUT2D eigenvalue weighted by Gasteiger charge is -2.17. The molecule has 0 saturated carbocycles. The molecule has 116 valence electrons. The summed E-state index contributed by atoms with van der Waals surface area (Å²) in [5.41, 5.74) is 3.38. The van der Waals surface area contributed by atoms with E-state index in [0.717, 1.165) is 16.8 Å². The molecule has 5 heteroatoms. The number of hydrogen-bond donors (Lipinski definition) is 3. The fourth-order valence-electron chi connectivity index (χ4n) is 2.19. The van der Waals surface area contributed by atoms with Crippen LogP contribution in [-0.4, -0.2) is 11.0 Å². The number of rotatable bonds is 5. The zero-order chi connectivity index (χ0) is 16.1. The van der Waals surface area contributed by atoms with Gasteiger partial charge in [-0.25, -0.2) is 0 Å². The summed E-state index contributed by atoms with van der Waals surface area (Å²) in [6.07, 6.45) is 0. The van der Waals surface area contributed by atoms with Gasteiger partial charge in [0.05, 0.1) is 17.3 Å². The Hall–Kier alpha value is -2.04. The summed E-state index contributed by atoms with van der Waals surface area (Å²) >= 11 is 6.06. The minimum atomic E-state index is -0.164. The number of aliphatic hydroxyl groups is 1. The molecule has 0 saturated heterocycles. The topological polar surface area (TPSA) is 61.4 Å². The number of anilines is 2. The van der Waals surface area contributed by atoms with E-state index in [1.54, 1.807) is 12.1 Å².